The van der Waals surface area contributed by atoms with E-state index in [9.17, 15) is 0 Å². The minimum absolute atomic E-state index is 0.806. The fraction of sp³-hybridized carbons (Fsp3) is 0.533. The molecule has 2 bridgehead atoms. The lowest BCUT2D eigenvalue weighted by atomic mass is 9.79. The van der Waals surface area contributed by atoms with E-state index in [0.29, 0.717) is 0 Å². The second kappa shape index (κ2) is 4.53. The molecule has 1 atom stereocenters. The molecule has 3 aliphatic heterocycles. The summed E-state index contributed by atoms with van der Waals surface area (Å²) in [4.78, 5) is 2.61. The van der Waals surface area contributed by atoms with Gasteiger partial charge in [-0.2, -0.15) is 5.10 Å². The molecule has 1 aromatic carbocycles. The summed E-state index contributed by atoms with van der Waals surface area (Å²) in [6.07, 6.45) is 4.66. The fourth-order valence-corrected chi connectivity index (χ4v) is 3.68. The number of aromatic nitrogens is 2. The normalized spacial score (nSPS) is 29.8. The highest BCUT2D eigenvalue weighted by molar-refractivity contribution is 5.89. The van der Waals surface area contributed by atoms with Gasteiger partial charge in [-0.05, 0) is 43.8 Å². The van der Waals surface area contributed by atoms with Crippen molar-refractivity contribution in [2.75, 3.05) is 31.5 Å². The van der Waals surface area contributed by atoms with Gasteiger partial charge in [0.1, 0.15) is 0 Å². The Balaban J connectivity index is 1.49. The van der Waals surface area contributed by atoms with Crippen molar-refractivity contribution in [3.63, 3.8) is 0 Å². The molecule has 2 N–H and O–H groups in total. The molecule has 0 spiro atoms. The summed E-state index contributed by atoms with van der Waals surface area (Å²) in [7, 11) is 0. The summed E-state index contributed by atoms with van der Waals surface area (Å²) in [5, 5.41) is 12.0. The summed E-state index contributed by atoms with van der Waals surface area (Å²) >= 11 is 0. The molecular formula is C15H20N4. The van der Waals surface area contributed by atoms with Crippen molar-refractivity contribution >= 4 is 16.6 Å². The highest BCUT2D eigenvalue weighted by Gasteiger charge is 2.33. The van der Waals surface area contributed by atoms with Gasteiger partial charge in [-0.25, -0.2) is 0 Å². The van der Waals surface area contributed by atoms with Crippen molar-refractivity contribution in [1.82, 2.24) is 15.1 Å². The lowest BCUT2D eigenvalue weighted by Gasteiger charge is -2.45. The molecule has 4 heteroatoms. The smallest absolute Gasteiger partial charge is 0.0881 e. The van der Waals surface area contributed by atoms with Crippen molar-refractivity contribution in [3.8, 4) is 0 Å². The number of nitrogens with zero attached hydrogens (tertiary/aromatic N) is 2. The van der Waals surface area contributed by atoms with Crippen LogP contribution in [0.5, 0.6) is 0 Å². The number of fused-ring (bicyclic) bond motifs is 4. The van der Waals surface area contributed by atoms with Crippen LogP contribution < -0.4 is 5.32 Å². The maximum Gasteiger partial charge on any atom is 0.0881 e. The van der Waals surface area contributed by atoms with Gasteiger partial charge >= 0.3 is 0 Å². The predicted molar refractivity (Wildman–Crippen MR) is 77.2 cm³/mol. The first-order valence-corrected chi connectivity index (χ1v) is 7.28. The van der Waals surface area contributed by atoms with E-state index in [4.69, 9.17) is 0 Å². The molecule has 100 valence electrons. The molecule has 2 aromatic rings. The number of piperidine rings is 3. The van der Waals surface area contributed by atoms with Gasteiger partial charge in [0.2, 0.25) is 0 Å². The van der Waals surface area contributed by atoms with Crippen molar-refractivity contribution in [2.24, 2.45) is 11.8 Å². The van der Waals surface area contributed by atoms with Crippen LogP contribution in [0.3, 0.4) is 0 Å². The molecule has 3 aliphatic rings. The van der Waals surface area contributed by atoms with Crippen molar-refractivity contribution in [3.05, 3.63) is 24.4 Å². The molecule has 0 radical (unpaired) electrons. The van der Waals surface area contributed by atoms with Gasteiger partial charge in [0.05, 0.1) is 17.4 Å². The average Bonchev–Trinajstić information content (AvgIpc) is 2.95. The largest absolute Gasteiger partial charge is 0.383 e. The minimum Gasteiger partial charge on any atom is -0.383 e. The van der Waals surface area contributed by atoms with Crippen molar-refractivity contribution in [2.45, 2.75) is 12.8 Å². The van der Waals surface area contributed by atoms with E-state index in [1.54, 1.807) is 0 Å². The quantitative estimate of drug-likeness (QED) is 0.885. The van der Waals surface area contributed by atoms with Gasteiger partial charge in [0.25, 0.3) is 0 Å². The second-order valence-electron chi connectivity index (χ2n) is 5.92. The zero-order valence-electron chi connectivity index (χ0n) is 11.1. The lowest BCUT2D eigenvalue weighted by Crippen LogP contribution is -2.49. The molecule has 3 saturated heterocycles. The van der Waals surface area contributed by atoms with E-state index >= 15 is 0 Å². The zero-order chi connectivity index (χ0) is 12.7. The molecule has 0 saturated carbocycles. The highest BCUT2D eigenvalue weighted by atomic mass is 15.2. The Morgan fingerprint density at radius 1 is 1.32 bits per heavy atom. The van der Waals surface area contributed by atoms with Crippen LogP contribution in [-0.4, -0.2) is 41.3 Å². The van der Waals surface area contributed by atoms with Gasteiger partial charge in [-0.1, -0.05) is 12.1 Å². The Morgan fingerprint density at radius 2 is 2.21 bits per heavy atom. The molecule has 4 nitrogen and oxygen atoms in total. The number of rotatable bonds is 3. The summed E-state index contributed by atoms with van der Waals surface area (Å²) < 4.78 is 0. The SMILES string of the molecule is c1cc(NC[C@@H]2CN3CCC2CC3)c2[nH]ncc2c1. The first-order valence-electron chi connectivity index (χ1n) is 7.28. The summed E-state index contributed by atoms with van der Waals surface area (Å²) in [5.74, 6) is 1.74. The monoisotopic (exact) mass is 256 g/mol. The molecule has 0 unspecified atom stereocenters. The van der Waals surface area contributed by atoms with Crippen molar-refractivity contribution in [1.29, 1.82) is 0 Å². The molecule has 19 heavy (non-hydrogen) atoms. The van der Waals surface area contributed by atoms with Gasteiger partial charge in [0, 0.05) is 18.5 Å². The van der Waals surface area contributed by atoms with Crippen LogP contribution in [0.25, 0.3) is 10.9 Å². The van der Waals surface area contributed by atoms with Crippen LogP contribution in [-0.2, 0) is 0 Å². The molecule has 1 aromatic heterocycles. The average molecular weight is 256 g/mol. The van der Waals surface area contributed by atoms with E-state index in [1.807, 2.05) is 6.20 Å². The first kappa shape index (κ1) is 11.3. The molecule has 5 rings (SSSR count). The minimum atomic E-state index is 0.806. The Labute approximate surface area is 113 Å². The third kappa shape index (κ3) is 2.00. The van der Waals surface area contributed by atoms with E-state index in [1.165, 1.54) is 43.5 Å². The van der Waals surface area contributed by atoms with Crippen LogP contribution in [0.15, 0.2) is 24.4 Å². The molecule has 0 aliphatic carbocycles. The van der Waals surface area contributed by atoms with Crippen molar-refractivity contribution < 1.29 is 0 Å². The molecule has 3 fully saturated rings. The van der Waals surface area contributed by atoms with E-state index in [-0.39, 0.29) is 0 Å². The number of nitrogens with one attached hydrogen (secondary N) is 2. The molecule has 0 amide bonds. The van der Waals surface area contributed by atoms with Gasteiger partial charge in [-0.3, -0.25) is 5.10 Å². The number of hydrogen-bond donors (Lipinski definition) is 2. The number of anilines is 1. The number of hydrogen-bond acceptors (Lipinski definition) is 3. The zero-order valence-corrected chi connectivity index (χ0v) is 11.1. The Morgan fingerprint density at radius 3 is 3.00 bits per heavy atom. The number of para-hydroxylation sites is 1. The second-order valence-corrected chi connectivity index (χ2v) is 5.92. The molecule has 4 heterocycles. The number of aromatic amines is 1. The summed E-state index contributed by atoms with van der Waals surface area (Å²) in [5.41, 5.74) is 2.32. The van der Waals surface area contributed by atoms with Crippen LogP contribution >= 0.6 is 0 Å². The van der Waals surface area contributed by atoms with E-state index in [0.717, 1.165) is 23.9 Å². The van der Waals surface area contributed by atoms with Gasteiger partial charge < -0.3 is 10.2 Å². The standard InChI is InChI=1S/C15H20N4/c1-2-12-9-17-18-15(12)14(3-1)16-8-13-10-19-6-4-11(13)5-7-19/h1-3,9,11,13,16H,4-8,10H2,(H,17,18)/t13-/m1/s1. The highest BCUT2D eigenvalue weighted by Crippen LogP contribution is 2.32. The third-order valence-electron chi connectivity index (χ3n) is 4.82. The lowest BCUT2D eigenvalue weighted by molar-refractivity contribution is 0.0574. The first-order chi connectivity index (χ1) is 9.40. The Bertz CT molecular complexity index is 568. The molecular weight excluding hydrogens is 236 g/mol. The fourth-order valence-electron chi connectivity index (χ4n) is 3.68. The van der Waals surface area contributed by atoms with Crippen LogP contribution in [0.4, 0.5) is 5.69 Å². The van der Waals surface area contributed by atoms with E-state index in [2.05, 4.69) is 38.6 Å². The van der Waals surface area contributed by atoms with Gasteiger partial charge in [0.15, 0.2) is 0 Å². The maximum absolute atomic E-state index is 4.12. The predicted octanol–water partition coefficient (Wildman–Crippen LogP) is 2.32. The third-order valence-corrected chi connectivity index (χ3v) is 4.82. The number of H-pyrrole nitrogens is 1. The van der Waals surface area contributed by atoms with Crippen LogP contribution in [0.1, 0.15) is 12.8 Å². The Hall–Kier alpha value is -1.55. The van der Waals surface area contributed by atoms with Crippen LogP contribution in [0.2, 0.25) is 0 Å². The topological polar surface area (TPSA) is 44.0 Å². The number of benzene rings is 1. The van der Waals surface area contributed by atoms with E-state index < -0.39 is 0 Å². The van der Waals surface area contributed by atoms with Gasteiger partial charge in [-0.15, -0.1) is 0 Å². The summed E-state index contributed by atoms with van der Waals surface area (Å²) in [6.45, 7) is 4.99. The maximum atomic E-state index is 4.12. The Kier molecular flexibility index (Phi) is 2.69. The summed E-state index contributed by atoms with van der Waals surface area (Å²) in [6, 6.07) is 6.33. The van der Waals surface area contributed by atoms with Crippen LogP contribution in [0, 0.1) is 11.8 Å².